The number of carbonyl (C=O) groups is 1. The Labute approximate surface area is 210 Å². The molecule has 1 unspecified atom stereocenters. The van der Waals surface area contributed by atoms with Gasteiger partial charge in [-0.1, -0.05) is 46.3 Å². The average molecular weight is 544 g/mol. The molecular weight excluding hydrogens is 519 g/mol. The second kappa shape index (κ2) is 9.15. The topological polar surface area (TPSA) is 46.9 Å². The van der Waals surface area contributed by atoms with Gasteiger partial charge in [-0.25, -0.2) is 4.98 Å². The highest BCUT2D eigenvalue weighted by atomic mass is 79.9. The van der Waals surface area contributed by atoms with Gasteiger partial charge in [-0.15, -0.1) is 0 Å². The zero-order valence-corrected chi connectivity index (χ0v) is 21.3. The molecule has 0 aliphatic carbocycles. The van der Waals surface area contributed by atoms with Crippen LogP contribution < -0.4 is 5.32 Å². The fourth-order valence-corrected chi connectivity index (χ4v) is 4.43. The van der Waals surface area contributed by atoms with Crippen molar-refractivity contribution in [3.63, 3.8) is 0 Å². The number of benzene rings is 3. The highest BCUT2D eigenvalue weighted by Gasteiger charge is 2.32. The monoisotopic (exact) mass is 543 g/mol. The van der Waals surface area contributed by atoms with Crippen LogP contribution in [0.4, 0.5) is 13.2 Å². The molecule has 1 amide bonds. The summed E-state index contributed by atoms with van der Waals surface area (Å²) in [5.74, 6) is 0.164. The van der Waals surface area contributed by atoms with Gasteiger partial charge in [0.15, 0.2) is 0 Å². The van der Waals surface area contributed by atoms with Crippen molar-refractivity contribution in [2.45, 2.75) is 45.5 Å². The van der Waals surface area contributed by atoms with Crippen LogP contribution in [0, 0.1) is 6.92 Å². The zero-order valence-electron chi connectivity index (χ0n) is 19.7. The van der Waals surface area contributed by atoms with E-state index in [-0.39, 0.29) is 5.91 Å². The molecule has 1 N–H and O–H groups in total. The van der Waals surface area contributed by atoms with Gasteiger partial charge >= 0.3 is 6.18 Å². The molecule has 0 bridgehead atoms. The molecule has 35 heavy (non-hydrogen) atoms. The highest BCUT2D eigenvalue weighted by molar-refractivity contribution is 9.10. The third-order valence-corrected chi connectivity index (χ3v) is 5.98. The molecule has 1 heterocycles. The zero-order chi connectivity index (χ0) is 25.5. The van der Waals surface area contributed by atoms with Crippen LogP contribution in [0.5, 0.6) is 0 Å². The van der Waals surface area contributed by atoms with Crippen molar-refractivity contribution in [3.05, 3.63) is 87.9 Å². The molecular formula is C27H25BrF3N3O. The minimum absolute atomic E-state index is 0.247. The molecule has 0 aliphatic heterocycles. The van der Waals surface area contributed by atoms with Crippen molar-refractivity contribution < 1.29 is 18.0 Å². The summed E-state index contributed by atoms with van der Waals surface area (Å²) >= 11 is 3.49. The van der Waals surface area contributed by atoms with Crippen molar-refractivity contribution in [2.24, 2.45) is 0 Å². The molecule has 4 aromatic rings. The number of aromatic nitrogens is 2. The van der Waals surface area contributed by atoms with E-state index in [1.54, 1.807) is 4.57 Å². The molecule has 0 fully saturated rings. The predicted molar refractivity (Wildman–Crippen MR) is 135 cm³/mol. The number of hydrogen-bond acceptors (Lipinski definition) is 2. The van der Waals surface area contributed by atoms with E-state index in [1.165, 1.54) is 12.1 Å². The van der Waals surface area contributed by atoms with Crippen LogP contribution in [-0.4, -0.2) is 21.0 Å². The SMILES string of the molecule is Cc1ccc2c(c1)nc(-c1ccc(C(F)(F)F)cc1)n2C(C(=O)NC(C)(C)C)c1cccc(Br)c1. The lowest BCUT2D eigenvalue weighted by Crippen LogP contribution is -2.44. The number of fused-ring (bicyclic) bond motifs is 1. The highest BCUT2D eigenvalue weighted by Crippen LogP contribution is 2.35. The number of rotatable bonds is 4. The summed E-state index contributed by atoms with van der Waals surface area (Å²) in [5.41, 5.74) is 2.31. The van der Waals surface area contributed by atoms with Gasteiger partial charge in [0.1, 0.15) is 11.9 Å². The quantitative estimate of drug-likeness (QED) is 0.293. The van der Waals surface area contributed by atoms with Gasteiger partial charge in [0.25, 0.3) is 0 Å². The molecule has 0 saturated carbocycles. The van der Waals surface area contributed by atoms with Gasteiger partial charge in [0, 0.05) is 15.6 Å². The van der Waals surface area contributed by atoms with Crippen LogP contribution in [0.3, 0.4) is 0 Å². The fraction of sp³-hybridized carbons (Fsp3) is 0.259. The van der Waals surface area contributed by atoms with Crippen LogP contribution >= 0.6 is 15.9 Å². The van der Waals surface area contributed by atoms with E-state index in [0.717, 1.165) is 22.2 Å². The van der Waals surface area contributed by atoms with Crippen LogP contribution in [0.2, 0.25) is 0 Å². The van der Waals surface area contributed by atoms with Gasteiger partial charge in [0.2, 0.25) is 5.91 Å². The van der Waals surface area contributed by atoms with E-state index in [4.69, 9.17) is 4.98 Å². The first-order valence-electron chi connectivity index (χ1n) is 11.1. The Kier molecular flexibility index (Phi) is 6.53. The molecule has 4 nitrogen and oxygen atoms in total. The lowest BCUT2D eigenvalue weighted by molar-refractivity contribution is -0.137. The Morgan fingerprint density at radius 3 is 2.29 bits per heavy atom. The summed E-state index contributed by atoms with van der Waals surface area (Å²) in [4.78, 5) is 18.5. The van der Waals surface area contributed by atoms with Gasteiger partial charge in [-0.3, -0.25) is 4.79 Å². The molecule has 8 heteroatoms. The normalized spacial score (nSPS) is 13.1. The molecule has 1 aromatic heterocycles. The second-order valence-electron chi connectivity index (χ2n) is 9.57. The first-order chi connectivity index (χ1) is 16.3. The number of nitrogens with zero attached hydrogens (tertiary/aromatic N) is 2. The van der Waals surface area contributed by atoms with Crippen LogP contribution in [0.1, 0.15) is 43.5 Å². The number of imidazole rings is 1. The van der Waals surface area contributed by atoms with Gasteiger partial charge in [0.05, 0.1) is 16.6 Å². The van der Waals surface area contributed by atoms with Crippen molar-refractivity contribution in [1.29, 1.82) is 0 Å². The Bertz CT molecular complexity index is 1390. The molecule has 4 rings (SSSR count). The molecule has 0 saturated heterocycles. The number of halogens is 4. The average Bonchev–Trinajstić information content (AvgIpc) is 3.10. The summed E-state index contributed by atoms with van der Waals surface area (Å²) in [6, 6.07) is 17.2. The first-order valence-corrected chi connectivity index (χ1v) is 11.9. The third kappa shape index (κ3) is 5.42. The molecule has 1 atom stereocenters. The number of aryl methyl sites for hydroxylation is 1. The summed E-state index contributed by atoms with van der Waals surface area (Å²) in [6.45, 7) is 7.63. The van der Waals surface area contributed by atoms with Crippen molar-refractivity contribution in [1.82, 2.24) is 14.9 Å². The Hall–Kier alpha value is -3.13. The number of carbonyl (C=O) groups excluding carboxylic acids is 1. The maximum absolute atomic E-state index is 13.7. The summed E-state index contributed by atoms with van der Waals surface area (Å²) in [5, 5.41) is 3.06. The lowest BCUT2D eigenvalue weighted by atomic mass is 10.0. The minimum Gasteiger partial charge on any atom is -0.349 e. The molecule has 182 valence electrons. The smallest absolute Gasteiger partial charge is 0.349 e. The molecule has 3 aromatic carbocycles. The maximum atomic E-state index is 13.7. The molecule has 0 spiro atoms. The van der Waals surface area contributed by atoms with E-state index in [1.807, 2.05) is 70.2 Å². The minimum atomic E-state index is -4.44. The van der Waals surface area contributed by atoms with E-state index >= 15 is 0 Å². The van der Waals surface area contributed by atoms with Crippen LogP contribution in [0.15, 0.2) is 71.2 Å². The molecule has 0 aliphatic rings. The van der Waals surface area contributed by atoms with Gasteiger partial charge in [-0.05, 0) is 75.2 Å². The number of alkyl halides is 3. The summed E-state index contributed by atoms with van der Waals surface area (Å²) in [6.07, 6.45) is -4.44. The predicted octanol–water partition coefficient (Wildman–Crippen LogP) is 7.30. The summed E-state index contributed by atoms with van der Waals surface area (Å²) < 4.78 is 42.2. The summed E-state index contributed by atoms with van der Waals surface area (Å²) in [7, 11) is 0. The largest absolute Gasteiger partial charge is 0.416 e. The van der Waals surface area contributed by atoms with Gasteiger partial charge < -0.3 is 9.88 Å². The number of nitrogens with one attached hydrogen (secondary N) is 1. The van der Waals surface area contributed by atoms with E-state index in [2.05, 4.69) is 21.2 Å². The van der Waals surface area contributed by atoms with Crippen molar-refractivity contribution in [2.75, 3.05) is 0 Å². The third-order valence-electron chi connectivity index (χ3n) is 5.48. The Balaban J connectivity index is 1.99. The van der Waals surface area contributed by atoms with Crippen LogP contribution in [0.25, 0.3) is 22.4 Å². The van der Waals surface area contributed by atoms with Crippen molar-refractivity contribution >= 4 is 32.9 Å². The molecule has 0 radical (unpaired) electrons. The standard InChI is InChI=1S/C27H25BrF3N3O/c1-16-8-13-22-21(14-16)32-24(17-9-11-19(12-10-17)27(29,30)31)34(22)23(25(35)33-26(2,3)4)18-6-5-7-20(28)15-18/h5-15,23H,1-4H3,(H,33,35). The lowest BCUT2D eigenvalue weighted by Gasteiger charge is -2.27. The fourth-order valence-electron chi connectivity index (χ4n) is 4.01. The van der Waals surface area contributed by atoms with E-state index < -0.39 is 23.3 Å². The number of amides is 1. The van der Waals surface area contributed by atoms with Crippen molar-refractivity contribution in [3.8, 4) is 11.4 Å². The second-order valence-corrected chi connectivity index (χ2v) is 10.5. The first kappa shape index (κ1) is 25.0. The number of hydrogen-bond donors (Lipinski definition) is 1. The Morgan fingerprint density at radius 1 is 1.00 bits per heavy atom. The van der Waals surface area contributed by atoms with Crippen LogP contribution in [-0.2, 0) is 11.0 Å². The van der Waals surface area contributed by atoms with E-state index in [9.17, 15) is 18.0 Å². The van der Waals surface area contributed by atoms with E-state index in [0.29, 0.717) is 28.0 Å². The maximum Gasteiger partial charge on any atom is 0.416 e. The van der Waals surface area contributed by atoms with Gasteiger partial charge in [-0.2, -0.15) is 13.2 Å². The Morgan fingerprint density at radius 2 is 1.69 bits per heavy atom.